The second-order valence-electron chi connectivity index (χ2n) is 4.76. The first-order chi connectivity index (χ1) is 8.49. The quantitative estimate of drug-likeness (QED) is 0.848. The van der Waals surface area contributed by atoms with Crippen LogP contribution in [0.25, 0.3) is 0 Å². The highest BCUT2D eigenvalue weighted by molar-refractivity contribution is 9.10. The zero-order valence-electron chi connectivity index (χ0n) is 10.8. The molecule has 0 aliphatic rings. The van der Waals surface area contributed by atoms with E-state index in [9.17, 15) is 9.90 Å². The lowest BCUT2D eigenvalue weighted by atomic mass is 10.0. The number of carbonyl (C=O) groups is 1. The van der Waals surface area contributed by atoms with E-state index in [0.29, 0.717) is 19.4 Å². The Bertz CT molecular complexity index is 393. The van der Waals surface area contributed by atoms with Crippen molar-refractivity contribution in [3.63, 3.8) is 0 Å². The molecule has 0 radical (unpaired) electrons. The number of benzene rings is 1. The van der Waals surface area contributed by atoms with Crippen molar-refractivity contribution < 1.29 is 9.90 Å². The van der Waals surface area contributed by atoms with Crippen molar-refractivity contribution >= 4 is 21.8 Å². The summed E-state index contributed by atoms with van der Waals surface area (Å²) in [5, 5.41) is 12.1. The molecule has 0 aliphatic carbocycles. The Hall–Kier alpha value is -0.870. The van der Waals surface area contributed by atoms with Crippen LogP contribution >= 0.6 is 15.9 Å². The first-order valence-electron chi connectivity index (χ1n) is 6.17. The van der Waals surface area contributed by atoms with Crippen LogP contribution in [-0.4, -0.2) is 23.7 Å². The standard InChI is InChI=1S/C14H20BrNO2/c1-10(7-11(2)17)9-16-14(18)8-12-5-3-4-6-13(12)15/h3-6,10-11,17H,7-9H2,1-2H3,(H,16,18). The molecule has 1 aromatic rings. The molecule has 0 bridgehead atoms. The maximum Gasteiger partial charge on any atom is 0.224 e. The maximum absolute atomic E-state index is 11.8. The van der Waals surface area contributed by atoms with E-state index in [0.717, 1.165) is 10.0 Å². The second-order valence-corrected chi connectivity index (χ2v) is 5.62. The molecule has 2 N–H and O–H groups in total. The third kappa shape index (κ3) is 5.65. The van der Waals surface area contributed by atoms with E-state index in [2.05, 4.69) is 21.2 Å². The van der Waals surface area contributed by atoms with Gasteiger partial charge in [-0.3, -0.25) is 4.79 Å². The van der Waals surface area contributed by atoms with Crippen LogP contribution in [-0.2, 0) is 11.2 Å². The Labute approximate surface area is 117 Å². The molecule has 18 heavy (non-hydrogen) atoms. The lowest BCUT2D eigenvalue weighted by Gasteiger charge is -2.14. The van der Waals surface area contributed by atoms with Gasteiger partial charge >= 0.3 is 0 Å². The second kappa shape index (κ2) is 7.54. The molecule has 1 rings (SSSR count). The number of hydrogen-bond acceptors (Lipinski definition) is 2. The number of aliphatic hydroxyl groups is 1. The van der Waals surface area contributed by atoms with Gasteiger partial charge in [0.15, 0.2) is 0 Å². The minimum atomic E-state index is -0.319. The van der Waals surface area contributed by atoms with E-state index < -0.39 is 0 Å². The highest BCUT2D eigenvalue weighted by Crippen LogP contribution is 2.16. The first-order valence-corrected chi connectivity index (χ1v) is 6.96. The fraction of sp³-hybridized carbons (Fsp3) is 0.500. The molecule has 0 aromatic heterocycles. The Balaban J connectivity index is 2.36. The first kappa shape index (κ1) is 15.2. The van der Waals surface area contributed by atoms with Gasteiger partial charge in [-0.25, -0.2) is 0 Å². The van der Waals surface area contributed by atoms with Gasteiger partial charge in [-0.1, -0.05) is 41.1 Å². The van der Waals surface area contributed by atoms with Crippen LogP contribution in [0.3, 0.4) is 0 Å². The summed E-state index contributed by atoms with van der Waals surface area (Å²) < 4.78 is 0.956. The van der Waals surface area contributed by atoms with Gasteiger partial charge in [-0.15, -0.1) is 0 Å². The smallest absolute Gasteiger partial charge is 0.224 e. The molecule has 0 heterocycles. The van der Waals surface area contributed by atoms with Crippen LogP contribution < -0.4 is 5.32 Å². The fourth-order valence-corrected chi connectivity index (χ4v) is 2.26. The van der Waals surface area contributed by atoms with E-state index >= 15 is 0 Å². The van der Waals surface area contributed by atoms with Crippen LogP contribution in [0.4, 0.5) is 0 Å². The molecule has 1 amide bonds. The average Bonchev–Trinajstić information content (AvgIpc) is 2.29. The fourth-order valence-electron chi connectivity index (χ4n) is 1.83. The Morgan fingerprint density at radius 3 is 2.67 bits per heavy atom. The van der Waals surface area contributed by atoms with Crippen LogP contribution in [0, 0.1) is 5.92 Å². The summed E-state index contributed by atoms with van der Waals surface area (Å²) in [7, 11) is 0. The zero-order valence-corrected chi connectivity index (χ0v) is 12.4. The van der Waals surface area contributed by atoms with E-state index in [-0.39, 0.29) is 17.9 Å². The predicted molar refractivity (Wildman–Crippen MR) is 76.3 cm³/mol. The Morgan fingerprint density at radius 1 is 1.39 bits per heavy atom. The maximum atomic E-state index is 11.8. The number of nitrogens with one attached hydrogen (secondary N) is 1. The van der Waals surface area contributed by atoms with Gasteiger partial charge in [0, 0.05) is 11.0 Å². The largest absolute Gasteiger partial charge is 0.393 e. The highest BCUT2D eigenvalue weighted by Gasteiger charge is 2.09. The highest BCUT2D eigenvalue weighted by atomic mass is 79.9. The molecular weight excluding hydrogens is 294 g/mol. The zero-order chi connectivity index (χ0) is 13.5. The Kier molecular flexibility index (Phi) is 6.36. The minimum Gasteiger partial charge on any atom is -0.393 e. The van der Waals surface area contributed by atoms with Crippen molar-refractivity contribution in [3.8, 4) is 0 Å². The van der Waals surface area contributed by atoms with E-state index in [1.54, 1.807) is 6.92 Å². The summed E-state index contributed by atoms with van der Waals surface area (Å²) >= 11 is 3.42. The molecule has 0 saturated carbocycles. The minimum absolute atomic E-state index is 0.0133. The van der Waals surface area contributed by atoms with Crippen molar-refractivity contribution in [2.45, 2.75) is 32.8 Å². The number of hydrogen-bond donors (Lipinski definition) is 2. The lowest BCUT2D eigenvalue weighted by molar-refractivity contribution is -0.120. The lowest BCUT2D eigenvalue weighted by Crippen LogP contribution is -2.30. The molecule has 0 spiro atoms. The SMILES string of the molecule is CC(O)CC(C)CNC(=O)Cc1ccccc1Br. The van der Waals surface area contributed by atoms with Crippen molar-refractivity contribution in [2.24, 2.45) is 5.92 Å². The number of rotatable bonds is 6. The number of amides is 1. The summed E-state index contributed by atoms with van der Waals surface area (Å²) in [5.41, 5.74) is 0.984. The summed E-state index contributed by atoms with van der Waals surface area (Å²) in [6, 6.07) is 7.71. The van der Waals surface area contributed by atoms with Crippen molar-refractivity contribution in [3.05, 3.63) is 34.3 Å². The van der Waals surface area contributed by atoms with Crippen LogP contribution in [0.15, 0.2) is 28.7 Å². The summed E-state index contributed by atoms with van der Waals surface area (Å²) in [6.07, 6.45) is 0.762. The van der Waals surface area contributed by atoms with Gasteiger partial charge < -0.3 is 10.4 Å². The van der Waals surface area contributed by atoms with Gasteiger partial charge in [0.05, 0.1) is 12.5 Å². The van der Waals surface area contributed by atoms with E-state index in [4.69, 9.17) is 0 Å². The van der Waals surface area contributed by atoms with E-state index in [1.807, 2.05) is 31.2 Å². The van der Waals surface area contributed by atoms with Crippen LogP contribution in [0.5, 0.6) is 0 Å². The molecule has 2 atom stereocenters. The van der Waals surface area contributed by atoms with Crippen molar-refractivity contribution in [1.82, 2.24) is 5.32 Å². The summed E-state index contributed by atoms with van der Waals surface area (Å²) in [6.45, 7) is 4.39. The van der Waals surface area contributed by atoms with Gasteiger partial charge in [-0.2, -0.15) is 0 Å². The molecule has 0 saturated heterocycles. The summed E-state index contributed by atoms with van der Waals surface area (Å²) in [5.74, 6) is 0.299. The average molecular weight is 314 g/mol. The normalized spacial score (nSPS) is 14.0. The van der Waals surface area contributed by atoms with Crippen molar-refractivity contribution in [2.75, 3.05) is 6.54 Å². The third-order valence-corrected chi connectivity index (χ3v) is 3.47. The monoisotopic (exact) mass is 313 g/mol. The van der Waals surface area contributed by atoms with Gasteiger partial charge in [-0.05, 0) is 30.9 Å². The van der Waals surface area contributed by atoms with Gasteiger partial charge in [0.2, 0.25) is 5.91 Å². The van der Waals surface area contributed by atoms with Gasteiger partial charge in [0.25, 0.3) is 0 Å². The Morgan fingerprint density at radius 2 is 2.06 bits per heavy atom. The molecule has 0 fully saturated rings. The number of carbonyl (C=O) groups excluding carboxylic acids is 1. The van der Waals surface area contributed by atoms with Crippen LogP contribution in [0.1, 0.15) is 25.8 Å². The molecule has 4 heteroatoms. The topological polar surface area (TPSA) is 49.3 Å². The molecule has 100 valence electrons. The van der Waals surface area contributed by atoms with Gasteiger partial charge in [0.1, 0.15) is 0 Å². The van der Waals surface area contributed by atoms with Crippen LogP contribution in [0.2, 0.25) is 0 Å². The van der Waals surface area contributed by atoms with E-state index in [1.165, 1.54) is 0 Å². The number of halogens is 1. The summed E-state index contributed by atoms with van der Waals surface area (Å²) in [4.78, 5) is 11.8. The third-order valence-electron chi connectivity index (χ3n) is 2.70. The number of aliphatic hydroxyl groups excluding tert-OH is 1. The van der Waals surface area contributed by atoms with Crippen molar-refractivity contribution in [1.29, 1.82) is 0 Å². The molecule has 1 aromatic carbocycles. The molecule has 0 aliphatic heterocycles. The predicted octanol–water partition coefficient (Wildman–Crippen LogP) is 2.51. The molecule has 3 nitrogen and oxygen atoms in total. The molecule has 2 unspecified atom stereocenters. The molecular formula is C14H20BrNO2.